The molecule has 0 radical (unpaired) electrons. The molecule has 0 aromatic heterocycles. The van der Waals surface area contributed by atoms with Gasteiger partial charge in [-0.05, 0) is 77.4 Å². The molecule has 0 saturated carbocycles. The molecule has 1 unspecified atom stereocenters. The molecule has 1 atom stereocenters. The van der Waals surface area contributed by atoms with Crippen LogP contribution >= 0.6 is 0 Å². The van der Waals surface area contributed by atoms with Crippen molar-refractivity contribution < 1.29 is 20.1 Å². The molecular weight excluding hydrogens is 448 g/mol. The zero-order valence-electron chi connectivity index (χ0n) is 21.7. The summed E-state index contributed by atoms with van der Waals surface area (Å²) in [5, 5.41) is 31.2. The molecule has 4 nitrogen and oxygen atoms in total. The Morgan fingerprint density at radius 1 is 0.722 bits per heavy atom. The maximum Gasteiger partial charge on any atom is 0.306 e. The second-order valence-corrected chi connectivity index (χ2v) is 10.1. The molecule has 0 spiro atoms. The maximum atomic E-state index is 11.4. The van der Waals surface area contributed by atoms with Crippen LogP contribution < -0.4 is 0 Å². The summed E-state index contributed by atoms with van der Waals surface area (Å²) in [6.45, 7) is 2.11. The molecule has 3 aromatic rings. The lowest BCUT2D eigenvalue weighted by atomic mass is 9.90. The molecule has 194 valence electrons. The average Bonchev–Trinajstić information content (AvgIpc) is 2.87. The first-order valence-corrected chi connectivity index (χ1v) is 13.8. The fourth-order valence-corrected chi connectivity index (χ4v) is 5.16. The number of aryl methyl sites for hydroxylation is 1. The highest BCUT2D eigenvalue weighted by Gasteiger charge is 2.16. The summed E-state index contributed by atoms with van der Waals surface area (Å²) in [7, 11) is 0. The number of unbranched alkanes of at least 4 members (excludes halogenated alkanes) is 8. The van der Waals surface area contributed by atoms with Gasteiger partial charge in [0.2, 0.25) is 0 Å². The van der Waals surface area contributed by atoms with E-state index in [0.29, 0.717) is 0 Å². The van der Waals surface area contributed by atoms with E-state index in [9.17, 15) is 20.1 Å². The van der Waals surface area contributed by atoms with Crippen molar-refractivity contribution in [1.29, 1.82) is 0 Å². The van der Waals surface area contributed by atoms with Gasteiger partial charge in [0.15, 0.2) is 0 Å². The Kier molecular flexibility index (Phi) is 11.1. The Morgan fingerprint density at radius 3 is 2.00 bits per heavy atom. The maximum absolute atomic E-state index is 11.4. The van der Waals surface area contributed by atoms with E-state index in [1.54, 1.807) is 18.2 Å². The fourth-order valence-electron chi connectivity index (χ4n) is 5.16. The summed E-state index contributed by atoms with van der Waals surface area (Å²) in [6, 6.07) is 17.2. The van der Waals surface area contributed by atoms with Crippen molar-refractivity contribution in [2.24, 2.45) is 5.92 Å². The highest BCUT2D eigenvalue weighted by molar-refractivity contribution is 5.92. The predicted octanol–water partition coefficient (Wildman–Crippen LogP) is 8.86. The van der Waals surface area contributed by atoms with Crippen molar-refractivity contribution >= 4 is 16.7 Å². The molecule has 0 heterocycles. The Labute approximate surface area is 216 Å². The normalized spacial score (nSPS) is 12.1. The third-order valence-electron chi connectivity index (χ3n) is 7.28. The number of fused-ring (bicyclic) bond motifs is 1. The van der Waals surface area contributed by atoms with Gasteiger partial charge in [-0.15, -0.1) is 0 Å². The van der Waals surface area contributed by atoms with Gasteiger partial charge in [0.25, 0.3) is 0 Å². The van der Waals surface area contributed by atoms with Crippen LogP contribution in [0.4, 0.5) is 0 Å². The number of aliphatic carboxylic acids is 1. The first-order valence-electron chi connectivity index (χ1n) is 13.8. The van der Waals surface area contributed by atoms with Crippen LogP contribution in [0.15, 0.2) is 54.6 Å². The minimum atomic E-state index is -0.625. The molecule has 0 aliphatic heterocycles. The number of rotatable bonds is 16. The Morgan fingerprint density at radius 2 is 1.33 bits per heavy atom. The second kappa shape index (κ2) is 14.5. The molecule has 0 fully saturated rings. The average molecular weight is 491 g/mol. The first kappa shape index (κ1) is 27.6. The number of carboxylic acids is 1. The number of hydrogen-bond donors (Lipinski definition) is 3. The van der Waals surface area contributed by atoms with Gasteiger partial charge in [-0.25, -0.2) is 0 Å². The number of phenols is 2. The molecular formula is C32H42O4. The van der Waals surface area contributed by atoms with Crippen LogP contribution in [-0.4, -0.2) is 21.3 Å². The van der Waals surface area contributed by atoms with E-state index in [0.717, 1.165) is 62.3 Å². The quantitative estimate of drug-likeness (QED) is 0.175. The molecule has 0 aliphatic carbocycles. The summed E-state index contributed by atoms with van der Waals surface area (Å²) >= 11 is 0. The van der Waals surface area contributed by atoms with E-state index >= 15 is 0 Å². The van der Waals surface area contributed by atoms with Gasteiger partial charge < -0.3 is 15.3 Å². The van der Waals surface area contributed by atoms with E-state index in [-0.39, 0.29) is 17.4 Å². The smallest absolute Gasteiger partial charge is 0.306 e. The second-order valence-electron chi connectivity index (χ2n) is 10.1. The zero-order valence-corrected chi connectivity index (χ0v) is 21.7. The van der Waals surface area contributed by atoms with E-state index in [1.807, 2.05) is 24.3 Å². The minimum absolute atomic E-state index is 0.158. The van der Waals surface area contributed by atoms with Gasteiger partial charge in [0, 0.05) is 0 Å². The molecule has 0 amide bonds. The van der Waals surface area contributed by atoms with Crippen LogP contribution in [0.3, 0.4) is 0 Å². The summed E-state index contributed by atoms with van der Waals surface area (Å²) in [6.07, 6.45) is 14.0. The van der Waals surface area contributed by atoms with Crippen LogP contribution in [-0.2, 0) is 11.2 Å². The van der Waals surface area contributed by atoms with Crippen molar-refractivity contribution in [2.75, 3.05) is 0 Å². The van der Waals surface area contributed by atoms with E-state index < -0.39 is 5.97 Å². The van der Waals surface area contributed by atoms with Crippen molar-refractivity contribution in [3.8, 4) is 22.6 Å². The van der Waals surface area contributed by atoms with E-state index in [4.69, 9.17) is 0 Å². The van der Waals surface area contributed by atoms with Gasteiger partial charge in [-0.2, -0.15) is 0 Å². The molecule has 0 aliphatic rings. The van der Waals surface area contributed by atoms with Gasteiger partial charge in [-0.1, -0.05) is 95.0 Å². The van der Waals surface area contributed by atoms with Crippen molar-refractivity contribution in [3.05, 3.63) is 60.2 Å². The van der Waals surface area contributed by atoms with Crippen LogP contribution in [0.5, 0.6) is 11.5 Å². The number of carbonyl (C=O) groups is 1. The lowest BCUT2D eigenvalue weighted by Crippen LogP contribution is -2.13. The Balaban J connectivity index is 1.45. The monoisotopic (exact) mass is 490 g/mol. The number of benzene rings is 3. The lowest BCUT2D eigenvalue weighted by Gasteiger charge is -2.14. The number of hydrogen-bond acceptors (Lipinski definition) is 3. The van der Waals surface area contributed by atoms with Crippen LogP contribution in [0.1, 0.15) is 89.5 Å². The molecule has 4 heteroatoms. The standard InChI is InChI=1S/C32H42O4/c1-2-3-12-25(32(35)36)13-10-8-6-4-5-7-9-11-14-31-29(24-15-18-27(33)19-16-24)21-17-26-23-28(34)20-22-30(26)31/h15-23,25,33-34H,2-14H2,1H3,(H,35,36). The third kappa shape index (κ3) is 8.29. The van der Waals surface area contributed by atoms with Crippen molar-refractivity contribution in [2.45, 2.75) is 90.4 Å². The lowest BCUT2D eigenvalue weighted by molar-refractivity contribution is -0.142. The summed E-state index contributed by atoms with van der Waals surface area (Å²) in [5.74, 6) is -0.232. The minimum Gasteiger partial charge on any atom is -0.508 e. The van der Waals surface area contributed by atoms with Gasteiger partial charge in [0.1, 0.15) is 11.5 Å². The largest absolute Gasteiger partial charge is 0.508 e. The van der Waals surface area contributed by atoms with Gasteiger partial charge >= 0.3 is 5.97 Å². The van der Waals surface area contributed by atoms with Crippen LogP contribution in [0.25, 0.3) is 21.9 Å². The predicted molar refractivity (Wildman–Crippen MR) is 149 cm³/mol. The number of aromatic hydroxyl groups is 2. The first-order chi connectivity index (χ1) is 17.5. The molecule has 3 N–H and O–H groups in total. The molecule has 36 heavy (non-hydrogen) atoms. The highest BCUT2D eigenvalue weighted by atomic mass is 16.4. The summed E-state index contributed by atoms with van der Waals surface area (Å²) < 4.78 is 0. The van der Waals surface area contributed by atoms with Crippen LogP contribution in [0, 0.1) is 5.92 Å². The highest BCUT2D eigenvalue weighted by Crippen LogP contribution is 2.34. The topological polar surface area (TPSA) is 77.8 Å². The number of phenolic OH excluding ortho intramolecular Hbond substituents is 2. The van der Waals surface area contributed by atoms with Crippen molar-refractivity contribution in [3.63, 3.8) is 0 Å². The zero-order chi connectivity index (χ0) is 25.8. The van der Waals surface area contributed by atoms with E-state index in [2.05, 4.69) is 19.1 Å². The Hall–Kier alpha value is -3.01. The SMILES string of the molecule is CCCCC(CCCCCCCCCCc1c(-c2ccc(O)cc2)ccc2cc(O)ccc12)C(=O)O. The van der Waals surface area contributed by atoms with E-state index in [1.165, 1.54) is 48.6 Å². The van der Waals surface area contributed by atoms with Crippen LogP contribution in [0.2, 0.25) is 0 Å². The molecule has 0 saturated heterocycles. The Bertz CT molecular complexity index is 1090. The molecule has 3 rings (SSSR count). The fraction of sp³-hybridized carbons (Fsp3) is 0.469. The molecule has 3 aromatic carbocycles. The molecule has 0 bridgehead atoms. The summed E-state index contributed by atoms with van der Waals surface area (Å²) in [4.78, 5) is 11.4. The summed E-state index contributed by atoms with van der Waals surface area (Å²) in [5.41, 5.74) is 3.58. The van der Waals surface area contributed by atoms with Gasteiger partial charge in [-0.3, -0.25) is 4.79 Å². The van der Waals surface area contributed by atoms with Crippen molar-refractivity contribution in [1.82, 2.24) is 0 Å². The number of carboxylic acid groups (broad SMARTS) is 1. The van der Waals surface area contributed by atoms with Gasteiger partial charge in [0.05, 0.1) is 5.92 Å². The third-order valence-corrected chi connectivity index (χ3v) is 7.28.